The van der Waals surface area contributed by atoms with E-state index < -0.39 is 24.3 Å². The lowest BCUT2D eigenvalue weighted by Gasteiger charge is -2.16. The van der Waals surface area contributed by atoms with Gasteiger partial charge in [-0.25, -0.2) is 0 Å². The first-order chi connectivity index (χ1) is 14.4. The lowest BCUT2D eigenvalue weighted by atomic mass is 10.1. The number of para-hydroxylation sites is 1. The molecule has 3 aromatic rings. The largest absolute Gasteiger partial charge is 0.424 e. The van der Waals surface area contributed by atoms with Crippen LogP contribution >= 0.6 is 0 Å². The van der Waals surface area contributed by atoms with E-state index in [2.05, 4.69) is 15.3 Å². The van der Waals surface area contributed by atoms with Crippen molar-refractivity contribution in [2.75, 3.05) is 11.9 Å². The Balaban J connectivity index is 1.47. The van der Waals surface area contributed by atoms with Crippen LogP contribution in [0.15, 0.2) is 54.6 Å². The first-order valence-corrected chi connectivity index (χ1v) is 9.27. The average Bonchev–Trinajstić information content (AvgIpc) is 2.97. The highest BCUT2D eigenvalue weighted by molar-refractivity contribution is 6.22. The van der Waals surface area contributed by atoms with Crippen molar-refractivity contribution in [1.29, 1.82) is 0 Å². The van der Waals surface area contributed by atoms with Crippen LogP contribution in [-0.4, -0.2) is 39.1 Å². The number of aromatic nitrogens is 2. The second-order valence-electron chi connectivity index (χ2n) is 6.76. The van der Waals surface area contributed by atoms with Crippen molar-refractivity contribution >= 4 is 23.4 Å². The van der Waals surface area contributed by atoms with Crippen molar-refractivity contribution in [2.24, 2.45) is 0 Å². The minimum Gasteiger partial charge on any atom is -0.424 e. The fraction of sp³-hybridized carbons (Fsp3) is 0.136. The lowest BCUT2D eigenvalue weighted by molar-refractivity contribution is -0.116. The van der Waals surface area contributed by atoms with Gasteiger partial charge < -0.3 is 10.1 Å². The topological polar surface area (TPSA) is 101 Å². The average molecular weight is 402 g/mol. The molecule has 2 heterocycles. The van der Waals surface area contributed by atoms with Gasteiger partial charge in [-0.2, -0.15) is 9.97 Å². The molecule has 2 aromatic carbocycles. The van der Waals surface area contributed by atoms with Crippen LogP contribution in [0.3, 0.4) is 0 Å². The summed E-state index contributed by atoms with van der Waals surface area (Å²) in [5, 5.41) is 2.70. The van der Waals surface area contributed by atoms with Gasteiger partial charge in [0.2, 0.25) is 5.91 Å². The number of carbonyl (C=O) groups is 3. The van der Waals surface area contributed by atoms with Gasteiger partial charge in [0.05, 0.1) is 28.2 Å². The molecule has 0 spiro atoms. The third kappa shape index (κ3) is 3.62. The number of imide groups is 1. The summed E-state index contributed by atoms with van der Waals surface area (Å²) in [6.45, 7) is 3.03. The molecule has 8 nitrogen and oxygen atoms in total. The Labute approximate surface area is 172 Å². The Bertz CT molecular complexity index is 1100. The molecule has 0 fully saturated rings. The molecule has 0 saturated carbocycles. The number of hydrogen-bond acceptors (Lipinski definition) is 6. The van der Waals surface area contributed by atoms with E-state index >= 15 is 0 Å². The number of ether oxygens (including phenoxy) is 1. The zero-order valence-electron chi connectivity index (χ0n) is 16.4. The maximum atomic E-state index is 12.5. The van der Waals surface area contributed by atoms with Gasteiger partial charge in [0.15, 0.2) is 0 Å². The van der Waals surface area contributed by atoms with E-state index in [1.165, 1.54) is 0 Å². The number of carbonyl (C=O) groups excluding carboxylic acids is 3. The normalized spacial score (nSPS) is 12.7. The van der Waals surface area contributed by atoms with Gasteiger partial charge >= 0.3 is 6.01 Å². The van der Waals surface area contributed by atoms with E-state index in [1.807, 2.05) is 18.2 Å². The van der Waals surface area contributed by atoms with Crippen molar-refractivity contribution < 1.29 is 19.1 Å². The Morgan fingerprint density at radius 3 is 2.00 bits per heavy atom. The molecule has 150 valence electrons. The highest BCUT2D eigenvalue weighted by atomic mass is 16.5. The van der Waals surface area contributed by atoms with Gasteiger partial charge in [0.25, 0.3) is 11.8 Å². The smallest absolute Gasteiger partial charge is 0.322 e. The van der Waals surface area contributed by atoms with Crippen molar-refractivity contribution in [1.82, 2.24) is 14.9 Å². The Kier molecular flexibility index (Phi) is 4.97. The van der Waals surface area contributed by atoms with Crippen LogP contribution in [0.4, 0.5) is 5.69 Å². The van der Waals surface area contributed by atoms with E-state index in [-0.39, 0.29) is 6.01 Å². The molecule has 3 amide bonds. The van der Waals surface area contributed by atoms with Crippen LogP contribution in [0.1, 0.15) is 32.1 Å². The number of rotatable bonds is 5. The predicted molar refractivity (Wildman–Crippen MR) is 108 cm³/mol. The van der Waals surface area contributed by atoms with Crippen molar-refractivity contribution in [2.45, 2.75) is 13.8 Å². The Morgan fingerprint density at radius 1 is 0.900 bits per heavy atom. The Morgan fingerprint density at radius 2 is 1.43 bits per heavy atom. The van der Waals surface area contributed by atoms with Gasteiger partial charge in [0, 0.05) is 0 Å². The molecule has 0 aliphatic carbocycles. The summed E-state index contributed by atoms with van der Waals surface area (Å²) in [5.74, 6) is -0.890. The standard InChI is InChI=1S/C22H18N4O4/c1-13-19(14(2)24-22(23-13)30-15-8-4-3-5-9-15)25-18(27)12-26-20(28)16-10-6-7-11-17(16)21(26)29/h3-11H,12H2,1-2H3,(H,25,27). The predicted octanol–water partition coefficient (Wildman–Crippen LogP) is 3.12. The molecule has 30 heavy (non-hydrogen) atoms. The fourth-order valence-corrected chi connectivity index (χ4v) is 3.21. The molecule has 0 saturated heterocycles. The van der Waals surface area contributed by atoms with Crippen molar-refractivity contribution in [3.63, 3.8) is 0 Å². The quantitative estimate of drug-likeness (QED) is 0.658. The molecule has 8 heteroatoms. The van der Waals surface area contributed by atoms with E-state index in [4.69, 9.17) is 4.74 Å². The Hall–Kier alpha value is -4.07. The highest BCUT2D eigenvalue weighted by Gasteiger charge is 2.36. The summed E-state index contributed by atoms with van der Waals surface area (Å²) in [7, 11) is 0. The van der Waals surface area contributed by atoms with Crippen LogP contribution in [0.25, 0.3) is 0 Å². The van der Waals surface area contributed by atoms with Crippen LogP contribution in [0.5, 0.6) is 11.8 Å². The molecule has 0 bridgehead atoms. The number of anilines is 1. The summed E-state index contributed by atoms with van der Waals surface area (Å²) in [6.07, 6.45) is 0. The number of amides is 3. The molecule has 1 aromatic heterocycles. The third-order valence-electron chi connectivity index (χ3n) is 4.65. The van der Waals surface area contributed by atoms with Crippen LogP contribution < -0.4 is 10.1 Å². The van der Waals surface area contributed by atoms with E-state index in [9.17, 15) is 14.4 Å². The SMILES string of the molecule is Cc1nc(Oc2ccccc2)nc(C)c1NC(=O)CN1C(=O)c2ccccc2C1=O. The number of benzene rings is 2. The molecular weight excluding hydrogens is 384 g/mol. The molecule has 1 aliphatic heterocycles. The molecule has 4 rings (SSSR count). The molecule has 0 unspecified atom stereocenters. The second kappa shape index (κ2) is 7.75. The van der Waals surface area contributed by atoms with Crippen molar-refractivity contribution in [3.8, 4) is 11.8 Å². The van der Waals surface area contributed by atoms with E-state index in [1.54, 1.807) is 50.2 Å². The molecular formula is C22H18N4O4. The van der Waals surface area contributed by atoms with Crippen molar-refractivity contribution in [3.05, 3.63) is 77.1 Å². The maximum absolute atomic E-state index is 12.5. The minimum absolute atomic E-state index is 0.162. The van der Waals surface area contributed by atoms with Gasteiger partial charge in [-0.05, 0) is 38.1 Å². The molecule has 0 radical (unpaired) electrons. The van der Waals surface area contributed by atoms with Gasteiger partial charge in [0.1, 0.15) is 12.3 Å². The molecule has 1 N–H and O–H groups in total. The van der Waals surface area contributed by atoms with Gasteiger partial charge in [-0.1, -0.05) is 30.3 Å². The fourth-order valence-electron chi connectivity index (χ4n) is 3.21. The van der Waals surface area contributed by atoms with Crippen LogP contribution in [0.2, 0.25) is 0 Å². The number of fused-ring (bicyclic) bond motifs is 1. The first kappa shape index (κ1) is 19.3. The number of nitrogens with one attached hydrogen (secondary N) is 1. The summed E-state index contributed by atoms with van der Waals surface area (Å²) in [5.41, 5.74) is 2.02. The zero-order chi connectivity index (χ0) is 21.3. The van der Waals surface area contributed by atoms with Gasteiger partial charge in [-0.3, -0.25) is 19.3 Å². The van der Waals surface area contributed by atoms with Crippen LogP contribution in [0, 0.1) is 13.8 Å². The minimum atomic E-state index is -0.518. The number of hydrogen-bond donors (Lipinski definition) is 1. The van der Waals surface area contributed by atoms with E-state index in [0.717, 1.165) is 4.90 Å². The summed E-state index contributed by atoms with van der Waals surface area (Å²) < 4.78 is 5.64. The number of aryl methyl sites for hydroxylation is 2. The lowest BCUT2D eigenvalue weighted by Crippen LogP contribution is -2.37. The monoisotopic (exact) mass is 402 g/mol. The first-order valence-electron chi connectivity index (χ1n) is 9.27. The van der Waals surface area contributed by atoms with E-state index in [0.29, 0.717) is 34.0 Å². The zero-order valence-corrected chi connectivity index (χ0v) is 16.4. The summed E-state index contributed by atoms with van der Waals surface area (Å²) >= 11 is 0. The third-order valence-corrected chi connectivity index (χ3v) is 4.65. The summed E-state index contributed by atoms with van der Waals surface area (Å²) in [4.78, 5) is 46.9. The highest BCUT2D eigenvalue weighted by Crippen LogP contribution is 2.25. The number of nitrogens with zero attached hydrogens (tertiary/aromatic N) is 3. The molecule has 1 aliphatic rings. The summed E-state index contributed by atoms with van der Waals surface area (Å²) in [6, 6.07) is 15.8. The van der Waals surface area contributed by atoms with Gasteiger partial charge in [-0.15, -0.1) is 0 Å². The second-order valence-corrected chi connectivity index (χ2v) is 6.76. The van der Waals surface area contributed by atoms with Crippen LogP contribution in [-0.2, 0) is 4.79 Å². The molecule has 0 atom stereocenters. The maximum Gasteiger partial charge on any atom is 0.322 e.